The van der Waals surface area contributed by atoms with Crippen molar-refractivity contribution in [2.45, 2.75) is 115 Å². The van der Waals surface area contributed by atoms with E-state index in [1.165, 1.54) is 25.7 Å². The molecule has 0 aliphatic carbocycles. The van der Waals surface area contributed by atoms with Gasteiger partial charge in [-0.15, -0.1) is 0 Å². The molecule has 0 fully saturated rings. The molecule has 2 atom stereocenters. The van der Waals surface area contributed by atoms with Crippen LogP contribution in [0.1, 0.15) is 104 Å². The van der Waals surface area contributed by atoms with E-state index in [9.17, 15) is 18.1 Å². The Labute approximate surface area is 172 Å². The number of aliphatic hydroxyl groups excluding tert-OH is 1. The Morgan fingerprint density at radius 1 is 0.750 bits per heavy atom. The van der Waals surface area contributed by atoms with Gasteiger partial charge in [0, 0.05) is 5.25 Å². The summed E-state index contributed by atoms with van der Waals surface area (Å²) < 4.78 is 34.1. The first-order valence-corrected chi connectivity index (χ1v) is 11.0. The molecule has 1 N–H and O–H groups in total. The van der Waals surface area contributed by atoms with E-state index in [2.05, 4.69) is 13.8 Å². The van der Waals surface area contributed by atoms with Crippen molar-refractivity contribution < 1.29 is 47.6 Å². The van der Waals surface area contributed by atoms with Crippen LogP contribution < -0.4 is 29.6 Å². The van der Waals surface area contributed by atoms with Crippen molar-refractivity contribution in [1.29, 1.82) is 0 Å². The summed E-state index contributed by atoms with van der Waals surface area (Å²) in [4.78, 5) is 0. The molecule has 0 amide bonds. The molecule has 24 heavy (non-hydrogen) atoms. The zero-order valence-electron chi connectivity index (χ0n) is 16.1. The van der Waals surface area contributed by atoms with Crippen molar-refractivity contribution in [3.05, 3.63) is 0 Å². The first-order chi connectivity index (χ1) is 10.9. The van der Waals surface area contributed by atoms with Gasteiger partial charge >= 0.3 is 29.6 Å². The molecule has 0 spiro atoms. The van der Waals surface area contributed by atoms with Crippen molar-refractivity contribution in [2.75, 3.05) is 0 Å². The normalized spacial score (nSPS) is 14.2. The van der Waals surface area contributed by atoms with Crippen molar-refractivity contribution >= 4 is 10.1 Å². The maximum absolute atomic E-state index is 11.4. The van der Waals surface area contributed by atoms with Crippen LogP contribution in [0.4, 0.5) is 0 Å². The van der Waals surface area contributed by atoms with Gasteiger partial charge in [0.15, 0.2) is 0 Å². The minimum absolute atomic E-state index is 0. The van der Waals surface area contributed by atoms with E-state index >= 15 is 0 Å². The quantitative estimate of drug-likeness (QED) is 0.254. The Balaban J connectivity index is 0. The number of hydrogen-bond donors (Lipinski definition) is 1. The molecular formula is C18H37NaO4S. The van der Waals surface area contributed by atoms with Crippen LogP contribution in [0.15, 0.2) is 0 Å². The van der Waals surface area contributed by atoms with Crippen LogP contribution in [-0.2, 0) is 10.1 Å². The molecule has 0 rings (SSSR count). The molecule has 0 aliphatic heterocycles. The van der Waals surface area contributed by atoms with Crippen LogP contribution in [0.25, 0.3) is 0 Å². The second kappa shape index (κ2) is 17.3. The fourth-order valence-electron chi connectivity index (χ4n) is 2.93. The Kier molecular flexibility index (Phi) is 19.5. The molecular weight excluding hydrogens is 335 g/mol. The van der Waals surface area contributed by atoms with Gasteiger partial charge in [-0.05, 0) is 32.1 Å². The van der Waals surface area contributed by atoms with E-state index in [1.54, 1.807) is 0 Å². The zero-order valence-corrected chi connectivity index (χ0v) is 19.0. The summed E-state index contributed by atoms with van der Waals surface area (Å²) in [6, 6.07) is 0. The number of rotatable bonds is 16. The van der Waals surface area contributed by atoms with Gasteiger partial charge in [-0.3, -0.25) is 0 Å². The molecule has 0 aromatic carbocycles. The number of aliphatic hydroxyl groups is 1. The summed E-state index contributed by atoms with van der Waals surface area (Å²) in [6.45, 7) is 4.26. The van der Waals surface area contributed by atoms with E-state index in [0.717, 1.165) is 38.5 Å². The summed E-state index contributed by atoms with van der Waals surface area (Å²) in [5, 5.41) is 9.02. The van der Waals surface area contributed by atoms with Crippen LogP contribution in [-0.4, -0.2) is 29.4 Å². The predicted molar refractivity (Wildman–Crippen MR) is 95.5 cm³/mol. The van der Waals surface area contributed by atoms with Crippen molar-refractivity contribution in [2.24, 2.45) is 0 Å². The molecule has 6 heteroatoms. The Bertz CT molecular complexity index is 360. The molecule has 0 saturated carbocycles. The van der Waals surface area contributed by atoms with Crippen LogP contribution in [0.5, 0.6) is 0 Å². The summed E-state index contributed by atoms with van der Waals surface area (Å²) in [5.41, 5.74) is 0. The first-order valence-electron chi connectivity index (χ1n) is 9.54. The fourth-order valence-corrected chi connectivity index (χ4v) is 3.84. The summed E-state index contributed by atoms with van der Waals surface area (Å²) in [6.07, 6.45) is 12.4. The van der Waals surface area contributed by atoms with E-state index in [0.29, 0.717) is 25.7 Å². The SMILES string of the molecule is CCCCCCCCCC(CCCC(O)CCCC)S(=O)(=O)[O-].[Na+]. The maximum atomic E-state index is 11.4. The third kappa shape index (κ3) is 16.3. The minimum atomic E-state index is -4.21. The van der Waals surface area contributed by atoms with E-state index < -0.39 is 15.4 Å². The maximum Gasteiger partial charge on any atom is 1.00 e. The minimum Gasteiger partial charge on any atom is -0.748 e. The van der Waals surface area contributed by atoms with E-state index in [1.807, 2.05) is 0 Å². The van der Waals surface area contributed by atoms with Gasteiger partial charge < -0.3 is 9.66 Å². The Morgan fingerprint density at radius 3 is 1.75 bits per heavy atom. The van der Waals surface area contributed by atoms with Crippen molar-refractivity contribution in [3.8, 4) is 0 Å². The van der Waals surface area contributed by atoms with Gasteiger partial charge in [-0.2, -0.15) is 0 Å². The smallest absolute Gasteiger partial charge is 0.748 e. The monoisotopic (exact) mass is 372 g/mol. The third-order valence-electron chi connectivity index (χ3n) is 4.49. The summed E-state index contributed by atoms with van der Waals surface area (Å²) >= 11 is 0. The van der Waals surface area contributed by atoms with Crippen LogP contribution in [0.3, 0.4) is 0 Å². The molecule has 2 unspecified atom stereocenters. The van der Waals surface area contributed by atoms with Gasteiger partial charge in [-0.25, -0.2) is 8.42 Å². The topological polar surface area (TPSA) is 77.4 Å². The summed E-state index contributed by atoms with van der Waals surface area (Å²) in [5.74, 6) is 0. The molecule has 0 bridgehead atoms. The molecule has 140 valence electrons. The molecule has 0 aliphatic rings. The predicted octanol–water partition coefficient (Wildman–Crippen LogP) is 1.77. The second-order valence-electron chi connectivity index (χ2n) is 6.75. The molecule has 0 heterocycles. The first kappa shape index (κ1) is 27.1. The van der Waals surface area contributed by atoms with Crippen LogP contribution >= 0.6 is 0 Å². The zero-order chi connectivity index (χ0) is 17.6. The molecule has 0 saturated heterocycles. The number of hydrogen-bond acceptors (Lipinski definition) is 4. The molecule has 0 aromatic rings. The molecule has 4 nitrogen and oxygen atoms in total. The van der Waals surface area contributed by atoms with Crippen LogP contribution in [0.2, 0.25) is 0 Å². The van der Waals surface area contributed by atoms with Gasteiger partial charge in [0.25, 0.3) is 0 Å². The van der Waals surface area contributed by atoms with Crippen molar-refractivity contribution in [3.63, 3.8) is 0 Å². The second-order valence-corrected chi connectivity index (χ2v) is 8.40. The van der Waals surface area contributed by atoms with Gasteiger partial charge in [0.2, 0.25) is 0 Å². The molecule has 0 radical (unpaired) electrons. The average molecular weight is 373 g/mol. The Hall–Kier alpha value is 0.870. The molecule has 0 aromatic heterocycles. The van der Waals surface area contributed by atoms with E-state index in [4.69, 9.17) is 0 Å². The van der Waals surface area contributed by atoms with E-state index in [-0.39, 0.29) is 35.7 Å². The standard InChI is InChI=1S/C18H38O4S.Na/c1-3-5-7-8-9-10-11-15-18(23(20,21)22)16-12-14-17(19)13-6-4-2;/h17-19H,3-16H2,1-2H3,(H,20,21,22);/q;+1/p-1. The fraction of sp³-hybridized carbons (Fsp3) is 1.00. The largest absolute Gasteiger partial charge is 1.00 e. The van der Waals surface area contributed by atoms with Gasteiger partial charge in [0.05, 0.1) is 16.2 Å². The summed E-state index contributed by atoms with van der Waals surface area (Å²) in [7, 11) is -4.21. The van der Waals surface area contributed by atoms with Gasteiger partial charge in [0.1, 0.15) is 0 Å². The third-order valence-corrected chi connectivity index (χ3v) is 5.78. The Morgan fingerprint density at radius 2 is 1.21 bits per heavy atom. The number of unbranched alkanes of at least 4 members (excludes halogenated alkanes) is 7. The van der Waals surface area contributed by atoms with Crippen LogP contribution in [0, 0.1) is 0 Å². The van der Waals surface area contributed by atoms with Gasteiger partial charge in [-0.1, -0.05) is 71.6 Å². The average Bonchev–Trinajstić information content (AvgIpc) is 2.49. The van der Waals surface area contributed by atoms with Crippen molar-refractivity contribution in [1.82, 2.24) is 0 Å².